The zero-order chi connectivity index (χ0) is 47.2. The van der Waals surface area contributed by atoms with E-state index in [2.05, 4.69) is 26.6 Å². The Morgan fingerprint density at radius 1 is 0.738 bits per heavy atom. The van der Waals surface area contributed by atoms with Gasteiger partial charge in [-0.2, -0.15) is 0 Å². The Hall–Kier alpha value is -7.11. The molecular weight excluding hydrogens is 839 g/mol. The minimum Gasteiger partial charge on any atom is -0.510 e. The number of carbonyl (C=O) groups excluding carboxylic acids is 9. The molecule has 18 heteroatoms. The molecule has 1 aliphatic carbocycles. The van der Waals surface area contributed by atoms with Gasteiger partial charge in [0.2, 0.25) is 41.4 Å². The largest absolute Gasteiger partial charge is 0.510 e. The van der Waals surface area contributed by atoms with Gasteiger partial charge in [0.15, 0.2) is 5.78 Å². The van der Waals surface area contributed by atoms with Crippen molar-refractivity contribution < 1.29 is 53.0 Å². The molecule has 3 fully saturated rings. The fourth-order valence-corrected chi connectivity index (χ4v) is 7.88. The van der Waals surface area contributed by atoms with Crippen molar-refractivity contribution in [3.63, 3.8) is 0 Å². The summed E-state index contributed by atoms with van der Waals surface area (Å²) < 4.78 is 5.71. The molecule has 3 saturated heterocycles. The van der Waals surface area contributed by atoms with Crippen molar-refractivity contribution in [2.24, 2.45) is 11.8 Å². The molecule has 1 aromatic carbocycles. The van der Waals surface area contributed by atoms with Gasteiger partial charge in [0.1, 0.15) is 54.3 Å². The van der Waals surface area contributed by atoms with Crippen LogP contribution >= 0.6 is 0 Å². The maximum absolute atomic E-state index is 14.4. The minimum atomic E-state index is -1.50. The lowest BCUT2D eigenvalue weighted by Crippen LogP contribution is -2.60. The summed E-state index contributed by atoms with van der Waals surface area (Å²) >= 11 is 0. The summed E-state index contributed by atoms with van der Waals surface area (Å²) in [5, 5.41) is 22.7. The van der Waals surface area contributed by atoms with Crippen molar-refractivity contribution >= 4 is 53.1 Å². The second-order valence-electron chi connectivity index (χ2n) is 16.7. The van der Waals surface area contributed by atoms with Gasteiger partial charge in [0, 0.05) is 44.5 Å². The predicted octanol–water partition coefficient (Wildman–Crippen LogP) is 1.27. The van der Waals surface area contributed by atoms with Crippen molar-refractivity contribution in [1.29, 1.82) is 0 Å². The molecule has 6 N–H and O–H groups in total. The molecule has 0 bridgehead atoms. The van der Waals surface area contributed by atoms with Crippen molar-refractivity contribution in [3.05, 3.63) is 108 Å². The van der Waals surface area contributed by atoms with Crippen molar-refractivity contribution in [1.82, 2.24) is 36.4 Å². The lowest BCUT2D eigenvalue weighted by molar-refractivity contribution is -0.157. The van der Waals surface area contributed by atoms with Gasteiger partial charge in [-0.25, -0.2) is 4.79 Å². The number of nitrogens with zero attached hydrogens (tertiary/aromatic N) is 2. The molecule has 0 spiro atoms. The second kappa shape index (κ2) is 23.0. The third-order valence-electron chi connectivity index (χ3n) is 11.2. The van der Waals surface area contributed by atoms with E-state index in [1.165, 1.54) is 48.0 Å². The number of fused-ring (bicyclic) bond motifs is 2. The third-order valence-corrected chi connectivity index (χ3v) is 11.2. The van der Waals surface area contributed by atoms with E-state index in [-0.39, 0.29) is 74.3 Å². The molecule has 0 saturated carbocycles. The molecule has 3 heterocycles. The summed E-state index contributed by atoms with van der Waals surface area (Å²) in [6, 6.07) is 2.02. The first-order chi connectivity index (χ1) is 31.0. The quantitative estimate of drug-likeness (QED) is 0.0991. The van der Waals surface area contributed by atoms with Crippen molar-refractivity contribution in [2.45, 2.75) is 96.1 Å². The third kappa shape index (κ3) is 13.7. The van der Waals surface area contributed by atoms with E-state index in [1.54, 1.807) is 66.8 Å². The molecule has 4 aliphatic rings. The second-order valence-corrected chi connectivity index (χ2v) is 16.7. The van der Waals surface area contributed by atoms with E-state index >= 15 is 0 Å². The number of ether oxygens (including phenoxy) is 1. The van der Waals surface area contributed by atoms with Crippen LogP contribution in [0.5, 0.6) is 0 Å². The van der Waals surface area contributed by atoms with E-state index in [4.69, 9.17) is 4.74 Å². The Morgan fingerprint density at radius 3 is 1.92 bits per heavy atom. The predicted molar refractivity (Wildman–Crippen MR) is 236 cm³/mol. The molecule has 3 aliphatic heterocycles. The first-order valence-corrected chi connectivity index (χ1v) is 21.7. The monoisotopic (exact) mass is 895 g/mol. The number of nitrogens with one attached hydrogen (secondary N) is 5. The smallest absolute Gasteiger partial charge is 0.328 e. The summed E-state index contributed by atoms with van der Waals surface area (Å²) in [5.41, 5.74) is 0.612. The summed E-state index contributed by atoms with van der Waals surface area (Å²) in [6.07, 6.45) is 16.0. The number of hydrogen-bond acceptors (Lipinski definition) is 11. The Labute approximate surface area is 377 Å². The van der Waals surface area contributed by atoms with Crippen molar-refractivity contribution in [3.8, 4) is 0 Å². The molecule has 0 radical (unpaired) electrons. The van der Waals surface area contributed by atoms with Gasteiger partial charge in [-0.3, -0.25) is 38.4 Å². The standard InChI is InChI=1S/C47H57N7O11/c1-28-22-35-44(61)48-30(3)42(59)49-31(4)45(62)54-26-29(2)23-36(54)47(64)65-27-34(46(63)53(35)25-28)51-43(60)33(24-32-16-12-11-13-17-32)50-39(57)18-14-9-7-5-6-8-10-15-19-40(58)52-41-37(55)20-21-38(41)56/h5-19,28-31,33-36,55H,20-27H2,1-4H3,(H,48,61)(H,49,59)(H,50,57)(H,51,60)(H,52,58)/b6-5+,9-7+,10-8+,18-14+,19-15+/t28-,29-,30+,31+,33+,34+,35+,36+/m1/s1. The Bertz CT molecular complexity index is 2200. The van der Waals surface area contributed by atoms with Crippen LogP contribution in [0.3, 0.4) is 0 Å². The molecule has 8 atom stereocenters. The SMILES string of the molecule is C[C@@H]1C[C@H]2C(=O)OC[C@H](NC(=O)[C@H](Cc3ccccc3)NC(=O)/C=C/C=C/C=C/C=C/C=C/C(=O)NC3=C(O)CCC3=O)C(=O)N3C[C@H](C)C[C@H]3C(=O)N[C@@H](C)C(=O)N[C@@H](C)C(=O)N2C1. The number of aliphatic hydroxyl groups is 1. The van der Waals surface area contributed by atoms with Crippen LogP contribution in [0.25, 0.3) is 0 Å². The number of ketones is 1. The van der Waals surface area contributed by atoms with Gasteiger partial charge in [-0.1, -0.05) is 92.8 Å². The average molecular weight is 896 g/mol. The average Bonchev–Trinajstić information content (AvgIpc) is 3.96. The number of carbonyl (C=O) groups is 9. The van der Waals surface area contributed by atoms with Gasteiger partial charge in [0.05, 0.1) is 0 Å². The van der Waals surface area contributed by atoms with Crippen LogP contribution < -0.4 is 26.6 Å². The zero-order valence-corrected chi connectivity index (χ0v) is 36.9. The number of hydrogen-bond donors (Lipinski definition) is 6. The van der Waals surface area contributed by atoms with Crippen LogP contribution in [0.2, 0.25) is 0 Å². The van der Waals surface area contributed by atoms with E-state index in [0.717, 1.165) is 0 Å². The summed E-state index contributed by atoms with van der Waals surface area (Å²) in [6.45, 7) is 6.40. The molecule has 346 valence electrons. The van der Waals surface area contributed by atoms with Gasteiger partial charge >= 0.3 is 5.97 Å². The summed E-state index contributed by atoms with van der Waals surface area (Å²) in [7, 11) is 0. The first kappa shape index (κ1) is 48.9. The fourth-order valence-electron chi connectivity index (χ4n) is 7.88. The highest BCUT2D eigenvalue weighted by molar-refractivity contribution is 6.03. The lowest BCUT2D eigenvalue weighted by atomic mass is 10.0. The van der Waals surface area contributed by atoms with E-state index in [9.17, 15) is 48.3 Å². The maximum atomic E-state index is 14.4. The van der Waals surface area contributed by atoms with Crippen molar-refractivity contribution in [2.75, 3.05) is 19.7 Å². The van der Waals surface area contributed by atoms with Crippen LogP contribution in [-0.4, -0.2) is 124 Å². The van der Waals surface area contributed by atoms with Crippen LogP contribution in [0.4, 0.5) is 0 Å². The van der Waals surface area contributed by atoms with Gasteiger partial charge in [-0.05, 0) is 44.1 Å². The normalized spacial score (nSPS) is 26.6. The van der Waals surface area contributed by atoms with Crippen LogP contribution in [0, 0.1) is 11.8 Å². The highest BCUT2D eigenvalue weighted by atomic mass is 16.5. The highest BCUT2D eigenvalue weighted by Crippen LogP contribution is 2.27. The molecule has 5 rings (SSSR count). The van der Waals surface area contributed by atoms with Crippen LogP contribution in [-0.2, 0) is 54.3 Å². The van der Waals surface area contributed by atoms with Crippen LogP contribution in [0.1, 0.15) is 58.9 Å². The lowest BCUT2D eigenvalue weighted by Gasteiger charge is -2.32. The number of esters is 1. The van der Waals surface area contributed by atoms with E-state index < -0.39 is 90.2 Å². The number of allylic oxidation sites excluding steroid dienone is 10. The molecule has 0 aromatic heterocycles. The molecule has 1 aromatic rings. The minimum absolute atomic E-state index is 0.0212. The van der Waals surface area contributed by atoms with E-state index in [1.807, 2.05) is 13.8 Å². The topological polar surface area (TPSA) is 250 Å². The summed E-state index contributed by atoms with van der Waals surface area (Å²) in [4.78, 5) is 122. The number of aliphatic hydroxyl groups excluding tert-OH is 1. The molecule has 18 nitrogen and oxygen atoms in total. The molecule has 0 unspecified atom stereocenters. The van der Waals surface area contributed by atoms with Crippen LogP contribution in [0.15, 0.2) is 103 Å². The van der Waals surface area contributed by atoms with E-state index in [0.29, 0.717) is 5.56 Å². The van der Waals surface area contributed by atoms with Gasteiger partial charge < -0.3 is 46.2 Å². The number of amides is 7. The summed E-state index contributed by atoms with van der Waals surface area (Å²) in [5.74, 6) is -5.90. The number of Topliss-reactive ketones (excluding diaryl/α,β-unsaturated/α-hetero) is 1. The van der Waals surface area contributed by atoms with Gasteiger partial charge in [-0.15, -0.1) is 0 Å². The Kier molecular flexibility index (Phi) is 17.3. The molecular formula is C47H57N7O11. The fraction of sp³-hybridized carbons (Fsp3) is 0.426. The maximum Gasteiger partial charge on any atom is 0.328 e. The molecule has 7 amide bonds. The number of rotatable bonds is 12. The zero-order valence-electron chi connectivity index (χ0n) is 36.9. The first-order valence-electron chi connectivity index (χ1n) is 21.7. The highest BCUT2D eigenvalue weighted by Gasteiger charge is 2.45. The van der Waals surface area contributed by atoms with Gasteiger partial charge in [0.25, 0.3) is 0 Å². The molecule has 65 heavy (non-hydrogen) atoms. The Balaban J connectivity index is 1.29. The number of cyclic esters (lactones) is 1. The number of benzene rings is 1. The Morgan fingerprint density at radius 2 is 1.31 bits per heavy atom.